The zero-order valence-electron chi connectivity index (χ0n) is 10.4. The lowest BCUT2D eigenvalue weighted by Crippen LogP contribution is -2.24. The molecule has 1 aromatic carbocycles. The standard InChI is InChI=1S/C14H16ClFO3/c15-12-2-1-10(7-13(12)16)11(8-14(17)18)9-3-5-19-6-4-9/h1-2,7,9,11H,3-6,8H2,(H,17,18)/t11-/m1/s1. The number of hydrogen-bond donors (Lipinski definition) is 1. The first-order chi connectivity index (χ1) is 9.08. The summed E-state index contributed by atoms with van der Waals surface area (Å²) in [7, 11) is 0. The van der Waals surface area contributed by atoms with Crippen molar-refractivity contribution in [3.05, 3.63) is 34.6 Å². The van der Waals surface area contributed by atoms with Gasteiger partial charge < -0.3 is 9.84 Å². The van der Waals surface area contributed by atoms with Crippen molar-refractivity contribution in [1.82, 2.24) is 0 Å². The average molecular weight is 287 g/mol. The quantitative estimate of drug-likeness (QED) is 0.922. The molecule has 1 fully saturated rings. The van der Waals surface area contributed by atoms with Crippen molar-refractivity contribution < 1.29 is 19.0 Å². The van der Waals surface area contributed by atoms with E-state index in [2.05, 4.69) is 0 Å². The van der Waals surface area contributed by atoms with E-state index in [0.29, 0.717) is 18.8 Å². The van der Waals surface area contributed by atoms with E-state index >= 15 is 0 Å². The predicted octanol–water partition coefficient (Wildman–Crippen LogP) is 3.46. The topological polar surface area (TPSA) is 46.5 Å². The minimum absolute atomic E-state index is 0.00569. The van der Waals surface area contributed by atoms with Gasteiger partial charge in [0.1, 0.15) is 5.82 Å². The molecule has 0 aliphatic carbocycles. The maximum atomic E-state index is 13.5. The van der Waals surface area contributed by atoms with Gasteiger partial charge in [-0.1, -0.05) is 17.7 Å². The van der Waals surface area contributed by atoms with Crippen LogP contribution in [0.25, 0.3) is 0 Å². The van der Waals surface area contributed by atoms with Crippen LogP contribution in [0.15, 0.2) is 18.2 Å². The summed E-state index contributed by atoms with van der Waals surface area (Å²) < 4.78 is 18.8. The first-order valence-corrected chi connectivity index (χ1v) is 6.70. The molecule has 0 aromatic heterocycles. The highest BCUT2D eigenvalue weighted by Crippen LogP contribution is 2.35. The molecule has 1 aliphatic heterocycles. The first kappa shape index (κ1) is 14.3. The van der Waals surface area contributed by atoms with Gasteiger partial charge >= 0.3 is 5.97 Å². The molecule has 1 heterocycles. The molecular formula is C14H16ClFO3. The van der Waals surface area contributed by atoms with Gasteiger partial charge in [0.2, 0.25) is 0 Å². The van der Waals surface area contributed by atoms with Crippen molar-refractivity contribution in [2.45, 2.75) is 25.2 Å². The van der Waals surface area contributed by atoms with Crippen LogP contribution in [0.2, 0.25) is 5.02 Å². The maximum Gasteiger partial charge on any atom is 0.303 e. The number of benzene rings is 1. The third-order valence-electron chi connectivity index (χ3n) is 3.60. The average Bonchev–Trinajstić information content (AvgIpc) is 2.40. The van der Waals surface area contributed by atoms with Crippen molar-refractivity contribution in [1.29, 1.82) is 0 Å². The van der Waals surface area contributed by atoms with Crippen LogP contribution in [0.1, 0.15) is 30.7 Å². The molecule has 1 aliphatic rings. The molecule has 19 heavy (non-hydrogen) atoms. The number of aliphatic carboxylic acids is 1. The Morgan fingerprint density at radius 1 is 1.47 bits per heavy atom. The van der Waals surface area contributed by atoms with Crippen molar-refractivity contribution in [2.75, 3.05) is 13.2 Å². The fraction of sp³-hybridized carbons (Fsp3) is 0.500. The maximum absolute atomic E-state index is 13.5. The van der Waals surface area contributed by atoms with E-state index in [1.54, 1.807) is 6.07 Å². The van der Waals surface area contributed by atoms with Gasteiger partial charge in [0.15, 0.2) is 0 Å². The second-order valence-corrected chi connectivity index (χ2v) is 5.23. The summed E-state index contributed by atoms with van der Waals surface area (Å²) in [6.45, 7) is 1.27. The molecule has 0 spiro atoms. The Bertz CT molecular complexity index is 458. The highest BCUT2D eigenvalue weighted by Gasteiger charge is 2.28. The molecule has 0 radical (unpaired) electrons. The number of halogens is 2. The van der Waals surface area contributed by atoms with Crippen molar-refractivity contribution in [3.63, 3.8) is 0 Å². The fourth-order valence-corrected chi connectivity index (χ4v) is 2.72. The van der Waals surface area contributed by atoms with Crippen LogP contribution in [-0.4, -0.2) is 24.3 Å². The van der Waals surface area contributed by atoms with Crippen LogP contribution < -0.4 is 0 Å². The van der Waals surface area contributed by atoms with E-state index < -0.39 is 11.8 Å². The van der Waals surface area contributed by atoms with Crippen LogP contribution in [0.4, 0.5) is 4.39 Å². The minimum Gasteiger partial charge on any atom is -0.481 e. The highest BCUT2D eigenvalue weighted by molar-refractivity contribution is 6.30. The SMILES string of the molecule is O=C(O)C[C@@H](c1ccc(Cl)c(F)c1)C1CCOCC1. The lowest BCUT2D eigenvalue weighted by atomic mass is 9.79. The molecule has 0 saturated carbocycles. The predicted molar refractivity (Wildman–Crippen MR) is 69.9 cm³/mol. The number of rotatable bonds is 4. The Morgan fingerprint density at radius 3 is 2.74 bits per heavy atom. The molecule has 104 valence electrons. The fourth-order valence-electron chi connectivity index (χ4n) is 2.61. The molecule has 1 atom stereocenters. The summed E-state index contributed by atoms with van der Waals surface area (Å²) >= 11 is 5.67. The molecule has 1 N–H and O–H groups in total. The van der Waals surface area contributed by atoms with Gasteiger partial charge in [0.25, 0.3) is 0 Å². The van der Waals surface area contributed by atoms with Crippen LogP contribution in [0.5, 0.6) is 0 Å². The molecule has 3 nitrogen and oxygen atoms in total. The second-order valence-electron chi connectivity index (χ2n) is 4.83. The van der Waals surface area contributed by atoms with Crippen molar-refractivity contribution >= 4 is 17.6 Å². The lowest BCUT2D eigenvalue weighted by Gasteiger charge is -2.29. The molecule has 5 heteroatoms. The van der Waals surface area contributed by atoms with Crippen LogP contribution in [0, 0.1) is 11.7 Å². The summed E-state index contributed by atoms with van der Waals surface area (Å²) in [5.74, 6) is -1.34. The third-order valence-corrected chi connectivity index (χ3v) is 3.91. The molecule has 2 rings (SSSR count). The zero-order valence-corrected chi connectivity index (χ0v) is 11.2. The van der Waals surface area contributed by atoms with Gasteiger partial charge in [-0.15, -0.1) is 0 Å². The summed E-state index contributed by atoms with van der Waals surface area (Å²) in [4.78, 5) is 11.0. The molecule has 0 bridgehead atoms. The Balaban J connectivity index is 2.24. The highest BCUT2D eigenvalue weighted by atomic mass is 35.5. The Hall–Kier alpha value is -1.13. The number of hydrogen-bond acceptors (Lipinski definition) is 2. The number of carbonyl (C=O) groups is 1. The smallest absolute Gasteiger partial charge is 0.303 e. The largest absolute Gasteiger partial charge is 0.481 e. The molecule has 0 amide bonds. The van der Waals surface area contributed by atoms with E-state index in [-0.39, 0.29) is 23.3 Å². The Morgan fingerprint density at radius 2 is 2.16 bits per heavy atom. The molecule has 0 unspecified atom stereocenters. The van der Waals surface area contributed by atoms with E-state index in [9.17, 15) is 9.18 Å². The Kier molecular flexibility index (Phi) is 4.77. The van der Waals surface area contributed by atoms with Crippen LogP contribution in [-0.2, 0) is 9.53 Å². The van der Waals surface area contributed by atoms with Gasteiger partial charge in [0.05, 0.1) is 11.4 Å². The summed E-state index contributed by atoms with van der Waals surface area (Å²) in [5.41, 5.74) is 0.705. The number of carboxylic acids is 1. The summed E-state index contributed by atoms with van der Waals surface area (Å²) in [6.07, 6.45) is 1.62. The number of carboxylic acid groups (broad SMARTS) is 1. The van der Waals surface area contributed by atoms with Crippen LogP contribution >= 0.6 is 11.6 Å². The van der Waals surface area contributed by atoms with E-state index in [1.165, 1.54) is 12.1 Å². The molecule has 1 aromatic rings. The monoisotopic (exact) mass is 286 g/mol. The number of ether oxygens (including phenoxy) is 1. The molecular weight excluding hydrogens is 271 g/mol. The Labute approximate surface area is 116 Å². The van der Waals surface area contributed by atoms with E-state index in [1.807, 2.05) is 0 Å². The zero-order chi connectivity index (χ0) is 13.8. The third kappa shape index (κ3) is 3.67. The van der Waals surface area contributed by atoms with Gasteiger partial charge in [-0.05, 0) is 42.4 Å². The van der Waals surface area contributed by atoms with Gasteiger partial charge in [-0.3, -0.25) is 4.79 Å². The first-order valence-electron chi connectivity index (χ1n) is 6.32. The van der Waals surface area contributed by atoms with Crippen LogP contribution in [0.3, 0.4) is 0 Å². The normalized spacial score (nSPS) is 18.2. The van der Waals surface area contributed by atoms with Gasteiger partial charge in [-0.2, -0.15) is 0 Å². The lowest BCUT2D eigenvalue weighted by molar-refractivity contribution is -0.138. The second kappa shape index (κ2) is 6.35. The minimum atomic E-state index is -0.869. The van der Waals surface area contributed by atoms with Gasteiger partial charge in [0, 0.05) is 13.2 Å². The van der Waals surface area contributed by atoms with Crippen molar-refractivity contribution in [2.24, 2.45) is 5.92 Å². The molecule has 1 saturated heterocycles. The van der Waals surface area contributed by atoms with Crippen molar-refractivity contribution in [3.8, 4) is 0 Å². The van der Waals surface area contributed by atoms with Gasteiger partial charge in [-0.25, -0.2) is 4.39 Å². The summed E-state index contributed by atoms with van der Waals surface area (Å²) in [5, 5.41) is 9.11. The summed E-state index contributed by atoms with van der Waals surface area (Å²) in [6, 6.07) is 4.56. The van der Waals surface area contributed by atoms with E-state index in [0.717, 1.165) is 12.8 Å². The van der Waals surface area contributed by atoms with E-state index in [4.69, 9.17) is 21.4 Å².